The van der Waals surface area contributed by atoms with E-state index in [2.05, 4.69) is 25.6 Å². The molecule has 0 saturated carbocycles. The summed E-state index contributed by atoms with van der Waals surface area (Å²) in [6.07, 6.45) is 6.71. The molecule has 0 unspecified atom stereocenters. The smallest absolute Gasteiger partial charge is 0.193 e. The summed E-state index contributed by atoms with van der Waals surface area (Å²) in [5.41, 5.74) is 2.07. The molecule has 0 aromatic carbocycles. The predicted octanol–water partition coefficient (Wildman–Crippen LogP) is 1.70. The highest BCUT2D eigenvalue weighted by atomic mass is 32.1. The van der Waals surface area contributed by atoms with Crippen LogP contribution in [0, 0.1) is 0 Å². The quantitative estimate of drug-likeness (QED) is 0.556. The first-order valence-corrected chi connectivity index (χ1v) is 7.98. The lowest BCUT2D eigenvalue weighted by Gasteiger charge is -2.10. The van der Waals surface area contributed by atoms with Crippen LogP contribution in [0.25, 0.3) is 4.96 Å². The van der Waals surface area contributed by atoms with Crippen LogP contribution in [0.2, 0.25) is 0 Å². The van der Waals surface area contributed by atoms with Gasteiger partial charge in [0.2, 0.25) is 0 Å². The van der Waals surface area contributed by atoms with Crippen LogP contribution >= 0.6 is 11.3 Å². The lowest BCUT2D eigenvalue weighted by Crippen LogP contribution is -2.38. The molecule has 0 radical (unpaired) electrons. The Labute approximate surface area is 133 Å². The van der Waals surface area contributed by atoms with Gasteiger partial charge in [0, 0.05) is 49.7 Å². The number of hydrogen-bond acceptors (Lipinski definition) is 4. The van der Waals surface area contributed by atoms with Crippen LogP contribution in [0.5, 0.6) is 0 Å². The van der Waals surface area contributed by atoms with Gasteiger partial charge < -0.3 is 10.6 Å². The van der Waals surface area contributed by atoms with Gasteiger partial charge in [-0.1, -0.05) is 6.07 Å². The maximum atomic E-state index is 4.53. The van der Waals surface area contributed by atoms with Crippen molar-refractivity contribution in [3.05, 3.63) is 53.6 Å². The second-order valence-electron chi connectivity index (χ2n) is 4.75. The normalized spacial score (nSPS) is 11.8. The molecule has 3 aromatic heterocycles. The summed E-state index contributed by atoms with van der Waals surface area (Å²) < 4.78 is 2.03. The van der Waals surface area contributed by atoms with E-state index in [1.807, 2.05) is 46.6 Å². The third-order valence-electron chi connectivity index (χ3n) is 3.20. The fraction of sp³-hybridized carbons (Fsp3) is 0.267. The van der Waals surface area contributed by atoms with Crippen molar-refractivity contribution in [2.75, 3.05) is 13.6 Å². The SMILES string of the molecule is CN=C(NCCc1ccccn1)NCc1cn2ccsc2n1. The highest BCUT2D eigenvalue weighted by Crippen LogP contribution is 2.10. The zero-order valence-corrected chi connectivity index (χ0v) is 13.2. The van der Waals surface area contributed by atoms with Crippen LogP contribution < -0.4 is 10.6 Å². The van der Waals surface area contributed by atoms with E-state index in [-0.39, 0.29) is 0 Å². The fourth-order valence-electron chi connectivity index (χ4n) is 2.11. The zero-order chi connectivity index (χ0) is 15.2. The molecule has 0 spiro atoms. The maximum Gasteiger partial charge on any atom is 0.193 e. The molecule has 0 aliphatic carbocycles. The van der Waals surface area contributed by atoms with Crippen molar-refractivity contribution in [3.63, 3.8) is 0 Å². The zero-order valence-electron chi connectivity index (χ0n) is 12.4. The molecule has 7 heteroatoms. The molecule has 3 heterocycles. The van der Waals surface area contributed by atoms with Gasteiger partial charge in [-0.05, 0) is 12.1 Å². The Hall–Kier alpha value is -2.41. The first-order valence-electron chi connectivity index (χ1n) is 7.10. The van der Waals surface area contributed by atoms with Gasteiger partial charge in [-0.25, -0.2) is 4.98 Å². The molecule has 0 atom stereocenters. The first-order chi connectivity index (χ1) is 10.8. The van der Waals surface area contributed by atoms with E-state index in [0.717, 1.165) is 35.3 Å². The Morgan fingerprint density at radius 3 is 3.05 bits per heavy atom. The molecular formula is C15H18N6S. The monoisotopic (exact) mass is 314 g/mol. The number of thiazole rings is 1. The lowest BCUT2D eigenvalue weighted by molar-refractivity contribution is 0.778. The van der Waals surface area contributed by atoms with Crippen LogP contribution in [-0.4, -0.2) is 33.9 Å². The molecular weight excluding hydrogens is 296 g/mol. The number of pyridine rings is 1. The second-order valence-corrected chi connectivity index (χ2v) is 5.62. The number of guanidine groups is 1. The van der Waals surface area contributed by atoms with Gasteiger partial charge in [0.25, 0.3) is 0 Å². The van der Waals surface area contributed by atoms with E-state index < -0.39 is 0 Å². The molecule has 2 N–H and O–H groups in total. The average molecular weight is 314 g/mol. The van der Waals surface area contributed by atoms with Gasteiger partial charge in [-0.2, -0.15) is 0 Å². The highest BCUT2D eigenvalue weighted by molar-refractivity contribution is 7.15. The Morgan fingerprint density at radius 2 is 2.27 bits per heavy atom. The minimum atomic E-state index is 0.650. The highest BCUT2D eigenvalue weighted by Gasteiger charge is 2.04. The third-order valence-corrected chi connectivity index (χ3v) is 3.97. The van der Waals surface area contributed by atoms with Crippen molar-refractivity contribution in [1.29, 1.82) is 0 Å². The number of rotatable bonds is 5. The van der Waals surface area contributed by atoms with Gasteiger partial charge in [0.15, 0.2) is 10.9 Å². The number of hydrogen-bond donors (Lipinski definition) is 2. The van der Waals surface area contributed by atoms with Gasteiger partial charge in [-0.15, -0.1) is 11.3 Å². The molecule has 0 aliphatic heterocycles. The van der Waals surface area contributed by atoms with E-state index in [4.69, 9.17) is 0 Å². The van der Waals surface area contributed by atoms with Crippen LogP contribution in [-0.2, 0) is 13.0 Å². The summed E-state index contributed by atoms with van der Waals surface area (Å²) >= 11 is 1.63. The molecule has 0 saturated heterocycles. The molecule has 3 rings (SSSR count). The van der Waals surface area contributed by atoms with Crippen molar-refractivity contribution >= 4 is 22.3 Å². The summed E-state index contributed by atoms with van der Waals surface area (Å²) in [4.78, 5) is 14.1. The van der Waals surface area contributed by atoms with Crippen molar-refractivity contribution in [3.8, 4) is 0 Å². The van der Waals surface area contributed by atoms with Crippen LogP contribution in [0.1, 0.15) is 11.4 Å². The van der Waals surface area contributed by atoms with Crippen molar-refractivity contribution in [2.24, 2.45) is 4.99 Å². The van der Waals surface area contributed by atoms with Gasteiger partial charge >= 0.3 is 0 Å². The van der Waals surface area contributed by atoms with Crippen LogP contribution in [0.3, 0.4) is 0 Å². The van der Waals surface area contributed by atoms with Crippen molar-refractivity contribution in [1.82, 2.24) is 25.0 Å². The molecule has 6 nitrogen and oxygen atoms in total. The van der Waals surface area contributed by atoms with E-state index in [1.54, 1.807) is 18.4 Å². The van der Waals surface area contributed by atoms with E-state index >= 15 is 0 Å². The number of fused-ring (bicyclic) bond motifs is 1. The van der Waals surface area contributed by atoms with Crippen LogP contribution in [0.4, 0.5) is 0 Å². The van der Waals surface area contributed by atoms with Crippen molar-refractivity contribution < 1.29 is 0 Å². The number of aliphatic imine (C=N–C) groups is 1. The first kappa shape index (κ1) is 14.5. The Kier molecular flexibility index (Phi) is 4.65. The second kappa shape index (κ2) is 7.04. The number of nitrogens with zero attached hydrogens (tertiary/aromatic N) is 4. The molecule has 0 amide bonds. The molecule has 22 heavy (non-hydrogen) atoms. The predicted molar refractivity (Wildman–Crippen MR) is 89.2 cm³/mol. The van der Waals surface area contributed by atoms with Gasteiger partial charge in [0.05, 0.1) is 12.2 Å². The Morgan fingerprint density at radius 1 is 1.32 bits per heavy atom. The van der Waals surface area contributed by atoms with E-state index in [9.17, 15) is 0 Å². The average Bonchev–Trinajstić information content (AvgIpc) is 3.13. The number of imidazole rings is 1. The minimum absolute atomic E-state index is 0.650. The summed E-state index contributed by atoms with van der Waals surface area (Å²) in [6.45, 7) is 1.44. The molecule has 0 aliphatic rings. The van der Waals surface area contributed by atoms with Crippen molar-refractivity contribution in [2.45, 2.75) is 13.0 Å². The minimum Gasteiger partial charge on any atom is -0.356 e. The lowest BCUT2D eigenvalue weighted by atomic mass is 10.3. The molecule has 0 bridgehead atoms. The van der Waals surface area contributed by atoms with E-state index in [0.29, 0.717) is 6.54 Å². The third kappa shape index (κ3) is 3.62. The standard InChI is InChI=1S/C15H18N6S/c1-16-14(18-7-5-12-4-2-3-6-17-12)19-10-13-11-21-8-9-22-15(21)20-13/h2-4,6,8-9,11H,5,7,10H2,1H3,(H2,16,18,19). The summed E-state index contributed by atoms with van der Waals surface area (Å²) in [7, 11) is 1.77. The largest absolute Gasteiger partial charge is 0.356 e. The van der Waals surface area contributed by atoms with Crippen LogP contribution in [0.15, 0.2) is 47.2 Å². The molecule has 3 aromatic rings. The summed E-state index contributed by atoms with van der Waals surface area (Å²) in [6, 6.07) is 5.95. The topological polar surface area (TPSA) is 66.6 Å². The van der Waals surface area contributed by atoms with Gasteiger partial charge in [0.1, 0.15) is 0 Å². The maximum absolute atomic E-state index is 4.53. The fourth-order valence-corrected chi connectivity index (χ4v) is 2.83. The van der Waals surface area contributed by atoms with E-state index in [1.165, 1.54) is 0 Å². The summed E-state index contributed by atoms with van der Waals surface area (Å²) in [5, 5.41) is 8.58. The van der Waals surface area contributed by atoms with Gasteiger partial charge in [-0.3, -0.25) is 14.4 Å². The molecule has 0 fully saturated rings. The molecule has 114 valence electrons. The number of aromatic nitrogens is 3. The summed E-state index contributed by atoms with van der Waals surface area (Å²) in [5.74, 6) is 0.771. The number of nitrogens with one attached hydrogen (secondary N) is 2. The Balaban J connectivity index is 1.46. The Bertz CT molecular complexity index is 717.